The minimum atomic E-state index is -0.185. The summed E-state index contributed by atoms with van der Waals surface area (Å²) in [5, 5.41) is 9.01. The van der Waals surface area contributed by atoms with Gasteiger partial charge >= 0.3 is 0 Å². The average Bonchev–Trinajstić information content (AvgIpc) is 2.17. The predicted octanol–water partition coefficient (Wildman–Crippen LogP) is -0.486. The largest absolute Gasteiger partial charge is 0.396 e. The summed E-state index contributed by atoms with van der Waals surface area (Å²) >= 11 is 0. The Labute approximate surface area is 91.9 Å². The first kappa shape index (κ1) is 10.7. The van der Waals surface area contributed by atoms with E-state index in [-0.39, 0.29) is 12.1 Å². The van der Waals surface area contributed by atoms with E-state index in [4.69, 9.17) is 10.8 Å². The van der Waals surface area contributed by atoms with Gasteiger partial charge in [-0.15, -0.1) is 0 Å². The van der Waals surface area contributed by atoms with Crippen molar-refractivity contribution in [1.82, 2.24) is 0 Å². The van der Waals surface area contributed by atoms with E-state index in [9.17, 15) is 0 Å². The number of benzene rings is 1. The molecule has 0 aromatic heterocycles. The van der Waals surface area contributed by atoms with Crippen LogP contribution in [0.1, 0.15) is 24.0 Å². The van der Waals surface area contributed by atoms with Gasteiger partial charge in [0.1, 0.15) is 7.85 Å². The lowest BCUT2D eigenvalue weighted by atomic mass is 9.73. The molecule has 0 radical (unpaired) electrons. The van der Waals surface area contributed by atoms with E-state index in [2.05, 4.69) is 26.0 Å². The van der Waals surface area contributed by atoms with Crippen LogP contribution in [0.5, 0.6) is 0 Å². The van der Waals surface area contributed by atoms with Crippen molar-refractivity contribution in [3.05, 3.63) is 29.3 Å². The van der Waals surface area contributed by atoms with Gasteiger partial charge < -0.3 is 10.8 Å². The van der Waals surface area contributed by atoms with Crippen molar-refractivity contribution in [2.75, 3.05) is 6.61 Å². The highest BCUT2D eigenvalue weighted by atomic mass is 16.3. The quantitative estimate of drug-likeness (QED) is 0.637. The van der Waals surface area contributed by atoms with Crippen LogP contribution in [-0.4, -0.2) is 25.1 Å². The first-order valence-electron chi connectivity index (χ1n) is 5.62. The topological polar surface area (TPSA) is 46.2 Å². The van der Waals surface area contributed by atoms with E-state index in [1.807, 2.05) is 0 Å². The number of aliphatic hydroxyl groups excluding tert-OH is 1. The summed E-state index contributed by atoms with van der Waals surface area (Å²) in [5.41, 5.74) is 10.3. The van der Waals surface area contributed by atoms with Gasteiger partial charge in [0.05, 0.1) is 0 Å². The summed E-state index contributed by atoms with van der Waals surface area (Å²) in [6.07, 6.45) is 3.66. The maximum atomic E-state index is 9.01. The Morgan fingerprint density at radius 1 is 1.47 bits per heavy atom. The van der Waals surface area contributed by atoms with Crippen LogP contribution in [0.4, 0.5) is 0 Å². The average molecular weight is 203 g/mol. The molecule has 0 saturated heterocycles. The van der Waals surface area contributed by atoms with Crippen LogP contribution in [0.2, 0.25) is 0 Å². The first-order chi connectivity index (χ1) is 7.14. The maximum Gasteiger partial charge on any atom is 0.139 e. The fourth-order valence-corrected chi connectivity index (χ4v) is 2.56. The molecule has 0 spiro atoms. The third-order valence-corrected chi connectivity index (χ3v) is 3.53. The monoisotopic (exact) mass is 203 g/mol. The molecular weight excluding hydrogens is 185 g/mol. The fourth-order valence-electron chi connectivity index (χ4n) is 2.56. The van der Waals surface area contributed by atoms with Crippen LogP contribution in [0.15, 0.2) is 18.2 Å². The number of hydrogen-bond donors (Lipinski definition) is 2. The van der Waals surface area contributed by atoms with E-state index in [0.717, 1.165) is 19.3 Å². The highest BCUT2D eigenvalue weighted by Gasteiger charge is 2.30. The SMILES string of the molecule is Bc1cccc2c1CCC(N)(CCO)C2. The zero-order valence-corrected chi connectivity index (χ0v) is 9.29. The zero-order valence-electron chi connectivity index (χ0n) is 9.29. The van der Waals surface area contributed by atoms with E-state index in [1.165, 1.54) is 16.6 Å². The number of aliphatic hydroxyl groups is 1. The molecule has 1 aliphatic carbocycles. The lowest BCUT2D eigenvalue weighted by Crippen LogP contribution is -2.46. The van der Waals surface area contributed by atoms with Crippen LogP contribution in [0.25, 0.3) is 0 Å². The first-order valence-corrected chi connectivity index (χ1v) is 5.62. The minimum Gasteiger partial charge on any atom is -0.396 e. The molecule has 0 saturated carbocycles. The molecule has 0 bridgehead atoms. The van der Waals surface area contributed by atoms with Crippen molar-refractivity contribution in [2.24, 2.45) is 5.73 Å². The summed E-state index contributed by atoms with van der Waals surface area (Å²) in [6, 6.07) is 6.42. The molecule has 0 aliphatic heterocycles. The van der Waals surface area contributed by atoms with Gasteiger partial charge in [0.15, 0.2) is 0 Å². The van der Waals surface area contributed by atoms with Gasteiger partial charge in [-0.05, 0) is 31.2 Å². The molecule has 1 aliphatic rings. The van der Waals surface area contributed by atoms with E-state index in [1.54, 1.807) is 0 Å². The van der Waals surface area contributed by atoms with Crippen molar-refractivity contribution in [3.8, 4) is 0 Å². The van der Waals surface area contributed by atoms with Gasteiger partial charge in [-0.1, -0.05) is 29.2 Å². The lowest BCUT2D eigenvalue weighted by Gasteiger charge is -2.35. The van der Waals surface area contributed by atoms with Crippen LogP contribution in [0.3, 0.4) is 0 Å². The van der Waals surface area contributed by atoms with Crippen molar-refractivity contribution in [3.63, 3.8) is 0 Å². The van der Waals surface area contributed by atoms with E-state index < -0.39 is 0 Å². The third-order valence-electron chi connectivity index (χ3n) is 3.53. The number of hydrogen-bond acceptors (Lipinski definition) is 2. The summed E-state index contributed by atoms with van der Waals surface area (Å²) in [5.74, 6) is 0. The van der Waals surface area contributed by atoms with Crippen molar-refractivity contribution in [1.29, 1.82) is 0 Å². The normalized spacial score (nSPS) is 24.9. The lowest BCUT2D eigenvalue weighted by molar-refractivity contribution is 0.225. The van der Waals surface area contributed by atoms with Gasteiger partial charge in [0.25, 0.3) is 0 Å². The van der Waals surface area contributed by atoms with E-state index >= 15 is 0 Å². The highest BCUT2D eigenvalue weighted by Crippen LogP contribution is 2.27. The summed E-state index contributed by atoms with van der Waals surface area (Å²) < 4.78 is 0. The van der Waals surface area contributed by atoms with Gasteiger partial charge in [-0.2, -0.15) is 0 Å². The van der Waals surface area contributed by atoms with E-state index in [0.29, 0.717) is 6.42 Å². The molecule has 80 valence electrons. The molecular formula is C12H18BNO. The Morgan fingerprint density at radius 3 is 3.00 bits per heavy atom. The van der Waals surface area contributed by atoms with Crippen LogP contribution in [0, 0.1) is 0 Å². The van der Waals surface area contributed by atoms with Gasteiger partial charge in [0, 0.05) is 12.1 Å². The second-order valence-corrected chi connectivity index (χ2v) is 4.73. The Kier molecular flexibility index (Phi) is 2.85. The molecule has 15 heavy (non-hydrogen) atoms. The molecule has 2 rings (SSSR count). The Hall–Kier alpha value is -0.795. The number of rotatable bonds is 2. The Morgan fingerprint density at radius 2 is 2.27 bits per heavy atom. The van der Waals surface area contributed by atoms with Crippen molar-refractivity contribution in [2.45, 2.75) is 31.2 Å². The van der Waals surface area contributed by atoms with Crippen molar-refractivity contribution >= 4 is 13.3 Å². The van der Waals surface area contributed by atoms with Crippen LogP contribution >= 0.6 is 0 Å². The van der Waals surface area contributed by atoms with Gasteiger partial charge in [-0.3, -0.25) is 0 Å². The number of nitrogens with two attached hydrogens (primary N) is 1. The van der Waals surface area contributed by atoms with Gasteiger partial charge in [-0.25, -0.2) is 0 Å². The molecule has 1 unspecified atom stereocenters. The molecule has 1 atom stereocenters. The highest BCUT2D eigenvalue weighted by molar-refractivity contribution is 6.33. The molecule has 2 nitrogen and oxygen atoms in total. The third kappa shape index (κ3) is 2.08. The van der Waals surface area contributed by atoms with Crippen LogP contribution < -0.4 is 11.2 Å². The summed E-state index contributed by atoms with van der Waals surface area (Å²) in [4.78, 5) is 0. The number of fused-ring (bicyclic) bond motifs is 1. The van der Waals surface area contributed by atoms with Crippen LogP contribution in [-0.2, 0) is 12.8 Å². The smallest absolute Gasteiger partial charge is 0.139 e. The standard InChI is InChI=1S/C12H18BNO/c13-11-3-1-2-9-8-12(14,6-7-15)5-4-10(9)11/h1-3,15H,4-8,13-14H2. The predicted molar refractivity (Wildman–Crippen MR) is 65.3 cm³/mol. The molecule has 0 amide bonds. The second-order valence-electron chi connectivity index (χ2n) is 4.73. The summed E-state index contributed by atoms with van der Waals surface area (Å²) in [6.45, 7) is 0.192. The Balaban J connectivity index is 2.27. The zero-order chi connectivity index (χ0) is 10.9. The van der Waals surface area contributed by atoms with Gasteiger partial charge in [0.2, 0.25) is 0 Å². The summed E-state index contributed by atoms with van der Waals surface area (Å²) in [7, 11) is 2.16. The minimum absolute atomic E-state index is 0.185. The fraction of sp³-hybridized carbons (Fsp3) is 0.500. The molecule has 1 aromatic rings. The second kappa shape index (κ2) is 3.99. The molecule has 1 aromatic carbocycles. The molecule has 0 heterocycles. The van der Waals surface area contributed by atoms with Crippen molar-refractivity contribution < 1.29 is 5.11 Å². The maximum absolute atomic E-state index is 9.01. The molecule has 3 N–H and O–H groups in total. The molecule has 0 fully saturated rings. The molecule has 3 heteroatoms. The Bertz CT molecular complexity index is 367.